The van der Waals surface area contributed by atoms with Gasteiger partial charge in [-0.1, -0.05) is 23.7 Å². The van der Waals surface area contributed by atoms with E-state index in [4.69, 9.17) is 11.6 Å². The predicted octanol–water partition coefficient (Wildman–Crippen LogP) is 4.02. The summed E-state index contributed by atoms with van der Waals surface area (Å²) in [7, 11) is -3.52. The second-order valence-electron chi connectivity index (χ2n) is 8.40. The Morgan fingerprint density at radius 1 is 1.13 bits per heavy atom. The SMILES string of the molecule is Cc1c(-c2cccc3c2cnn3S(C)(=O)=O)cc(Cl)c2c1-n1c(C)nnc1C(C)(C)N2. The average molecular weight is 457 g/mol. The van der Waals surface area contributed by atoms with Gasteiger partial charge in [-0.15, -0.1) is 10.2 Å². The Hall–Kier alpha value is -2.91. The summed E-state index contributed by atoms with van der Waals surface area (Å²) in [6.45, 7) is 8.01. The number of aryl methyl sites for hydroxylation is 1. The van der Waals surface area contributed by atoms with Crippen molar-refractivity contribution in [3.63, 3.8) is 0 Å². The number of halogens is 1. The van der Waals surface area contributed by atoms with Gasteiger partial charge in [0.25, 0.3) is 10.0 Å². The number of nitrogens with zero attached hydrogens (tertiary/aromatic N) is 5. The number of aromatic nitrogens is 5. The summed E-state index contributed by atoms with van der Waals surface area (Å²) in [5.41, 5.74) is 4.52. The van der Waals surface area contributed by atoms with Crippen LogP contribution in [0, 0.1) is 13.8 Å². The molecule has 0 bridgehead atoms. The summed E-state index contributed by atoms with van der Waals surface area (Å²) in [5, 5.41) is 17.6. The molecule has 5 rings (SSSR count). The molecule has 3 heterocycles. The van der Waals surface area contributed by atoms with E-state index in [0.717, 1.165) is 55.4 Å². The van der Waals surface area contributed by atoms with E-state index in [2.05, 4.69) is 20.6 Å². The first-order valence-electron chi connectivity index (χ1n) is 9.72. The molecule has 0 unspecified atom stereocenters. The molecule has 10 heteroatoms. The largest absolute Gasteiger partial charge is 0.370 e. The van der Waals surface area contributed by atoms with Gasteiger partial charge in [0.05, 0.1) is 39.9 Å². The zero-order valence-electron chi connectivity index (χ0n) is 17.7. The van der Waals surface area contributed by atoms with E-state index in [-0.39, 0.29) is 0 Å². The van der Waals surface area contributed by atoms with Gasteiger partial charge in [0.2, 0.25) is 0 Å². The van der Waals surface area contributed by atoms with Gasteiger partial charge in [-0.05, 0) is 56.5 Å². The van der Waals surface area contributed by atoms with Crippen LogP contribution in [0.1, 0.15) is 31.1 Å². The molecule has 0 saturated carbocycles. The molecule has 0 saturated heterocycles. The number of hydrogen-bond donors (Lipinski definition) is 1. The van der Waals surface area contributed by atoms with Crippen LogP contribution >= 0.6 is 11.6 Å². The lowest BCUT2D eigenvalue weighted by Gasteiger charge is -2.35. The van der Waals surface area contributed by atoms with Crippen LogP contribution in [0.5, 0.6) is 0 Å². The number of anilines is 1. The van der Waals surface area contributed by atoms with Crippen molar-refractivity contribution in [2.24, 2.45) is 0 Å². The van der Waals surface area contributed by atoms with E-state index in [1.807, 2.05) is 50.5 Å². The molecule has 1 aliphatic rings. The van der Waals surface area contributed by atoms with Gasteiger partial charge in [-0.2, -0.15) is 9.19 Å². The number of rotatable bonds is 2. The van der Waals surface area contributed by atoms with Gasteiger partial charge in [-0.25, -0.2) is 8.42 Å². The van der Waals surface area contributed by atoms with Crippen molar-refractivity contribution in [1.82, 2.24) is 24.0 Å². The lowest BCUT2D eigenvalue weighted by Crippen LogP contribution is -2.36. The minimum Gasteiger partial charge on any atom is -0.370 e. The Kier molecular flexibility index (Phi) is 4.07. The van der Waals surface area contributed by atoms with E-state index >= 15 is 0 Å². The van der Waals surface area contributed by atoms with E-state index in [0.29, 0.717) is 10.5 Å². The Labute approximate surface area is 184 Å². The summed E-state index contributed by atoms with van der Waals surface area (Å²) >= 11 is 6.78. The van der Waals surface area contributed by atoms with Crippen molar-refractivity contribution in [3.05, 3.63) is 52.7 Å². The summed E-state index contributed by atoms with van der Waals surface area (Å²) in [5.74, 6) is 1.57. The Morgan fingerprint density at radius 2 is 1.87 bits per heavy atom. The second kappa shape index (κ2) is 6.30. The Bertz CT molecular complexity index is 1500. The van der Waals surface area contributed by atoms with Gasteiger partial charge in [0.15, 0.2) is 5.82 Å². The quantitative estimate of drug-likeness (QED) is 0.489. The zero-order valence-corrected chi connectivity index (χ0v) is 19.3. The lowest BCUT2D eigenvalue weighted by molar-refractivity contribution is 0.535. The highest BCUT2D eigenvalue weighted by atomic mass is 35.5. The highest BCUT2D eigenvalue weighted by molar-refractivity contribution is 7.89. The molecule has 4 aromatic rings. The molecule has 0 aliphatic carbocycles. The molecule has 1 N–H and O–H groups in total. The van der Waals surface area contributed by atoms with E-state index in [9.17, 15) is 8.42 Å². The number of nitrogens with one attached hydrogen (secondary N) is 1. The van der Waals surface area contributed by atoms with Crippen LogP contribution in [0.3, 0.4) is 0 Å². The summed E-state index contributed by atoms with van der Waals surface area (Å²) in [4.78, 5) is 0. The molecule has 0 atom stereocenters. The fourth-order valence-electron chi connectivity index (χ4n) is 4.34. The average Bonchev–Trinajstić information content (AvgIpc) is 3.29. The molecule has 0 spiro atoms. The zero-order chi connectivity index (χ0) is 22.3. The van der Waals surface area contributed by atoms with E-state index < -0.39 is 15.6 Å². The van der Waals surface area contributed by atoms with Crippen LogP contribution in [0.2, 0.25) is 5.02 Å². The van der Waals surface area contributed by atoms with E-state index in [1.54, 1.807) is 12.3 Å². The van der Waals surface area contributed by atoms with Crippen molar-refractivity contribution in [2.75, 3.05) is 11.6 Å². The molecule has 31 heavy (non-hydrogen) atoms. The fraction of sp³-hybridized carbons (Fsp3) is 0.286. The van der Waals surface area contributed by atoms with Crippen LogP contribution in [0.4, 0.5) is 5.69 Å². The van der Waals surface area contributed by atoms with Crippen molar-refractivity contribution >= 4 is 38.2 Å². The molecular weight excluding hydrogens is 436 g/mol. The predicted molar refractivity (Wildman–Crippen MR) is 121 cm³/mol. The molecule has 2 aromatic heterocycles. The standard InChI is InChI=1S/C21H21ClN6O2S/c1-11-14(13-7-6-8-17-15(13)10-23-28(17)31(5,29)30)9-16(22)18-19(11)27-12(2)25-26-20(27)21(3,4)24-18/h6-10,24H,1-5H3. The van der Waals surface area contributed by atoms with Crippen LogP contribution in [0.25, 0.3) is 27.7 Å². The summed E-state index contributed by atoms with van der Waals surface area (Å²) < 4.78 is 27.3. The Balaban J connectivity index is 1.84. The van der Waals surface area contributed by atoms with E-state index in [1.165, 1.54) is 0 Å². The molecule has 0 radical (unpaired) electrons. The fourth-order valence-corrected chi connectivity index (χ4v) is 5.32. The number of hydrogen-bond acceptors (Lipinski definition) is 6. The second-order valence-corrected chi connectivity index (χ2v) is 10.6. The molecule has 160 valence electrons. The third kappa shape index (κ3) is 2.80. The van der Waals surface area contributed by atoms with Gasteiger partial charge >= 0.3 is 0 Å². The van der Waals surface area contributed by atoms with Crippen molar-refractivity contribution in [1.29, 1.82) is 0 Å². The third-order valence-electron chi connectivity index (χ3n) is 5.74. The maximum Gasteiger partial charge on any atom is 0.251 e. The molecule has 0 fully saturated rings. The normalized spacial score (nSPS) is 14.9. The van der Waals surface area contributed by atoms with Crippen molar-refractivity contribution in [3.8, 4) is 16.8 Å². The third-order valence-corrected chi connectivity index (χ3v) is 6.95. The van der Waals surface area contributed by atoms with Gasteiger partial charge in [0, 0.05) is 5.39 Å². The first-order valence-corrected chi connectivity index (χ1v) is 11.9. The number of benzene rings is 2. The molecular formula is C21H21ClN6O2S. The summed E-state index contributed by atoms with van der Waals surface area (Å²) in [6.07, 6.45) is 2.71. The smallest absolute Gasteiger partial charge is 0.251 e. The molecule has 0 amide bonds. The monoisotopic (exact) mass is 456 g/mol. The van der Waals surface area contributed by atoms with Crippen LogP contribution in [0.15, 0.2) is 30.5 Å². The maximum absolute atomic E-state index is 12.1. The highest BCUT2D eigenvalue weighted by Crippen LogP contribution is 2.46. The highest BCUT2D eigenvalue weighted by Gasteiger charge is 2.36. The topological polar surface area (TPSA) is 94.7 Å². The maximum atomic E-state index is 12.1. The first kappa shape index (κ1) is 20.0. The Morgan fingerprint density at radius 3 is 2.58 bits per heavy atom. The molecule has 1 aliphatic heterocycles. The minimum absolute atomic E-state index is 0.442. The minimum atomic E-state index is -3.52. The summed E-state index contributed by atoms with van der Waals surface area (Å²) in [6, 6.07) is 7.43. The molecule has 8 nitrogen and oxygen atoms in total. The van der Waals surface area contributed by atoms with Gasteiger partial charge in [-0.3, -0.25) is 4.57 Å². The van der Waals surface area contributed by atoms with Crippen molar-refractivity contribution < 1.29 is 8.42 Å². The first-order chi connectivity index (χ1) is 14.5. The van der Waals surface area contributed by atoms with Crippen LogP contribution in [-0.2, 0) is 15.6 Å². The van der Waals surface area contributed by atoms with Gasteiger partial charge in [0.1, 0.15) is 5.82 Å². The lowest BCUT2D eigenvalue weighted by atomic mass is 9.92. The molecule has 2 aromatic carbocycles. The van der Waals surface area contributed by atoms with Crippen LogP contribution < -0.4 is 5.32 Å². The van der Waals surface area contributed by atoms with Crippen molar-refractivity contribution in [2.45, 2.75) is 33.2 Å². The van der Waals surface area contributed by atoms with Crippen LogP contribution in [-0.4, -0.2) is 38.6 Å². The van der Waals surface area contributed by atoms with Gasteiger partial charge < -0.3 is 5.32 Å². The number of fused-ring (bicyclic) bond motifs is 4.